The molecule has 0 amide bonds. The highest BCUT2D eigenvalue weighted by Crippen LogP contribution is 2.17. The first-order chi connectivity index (χ1) is 5.27. The molecule has 0 radical (unpaired) electrons. The summed E-state index contributed by atoms with van der Waals surface area (Å²) < 4.78 is 5.13. The van der Waals surface area contributed by atoms with E-state index in [1.165, 1.54) is 0 Å². The van der Waals surface area contributed by atoms with Gasteiger partial charge < -0.3 is 9.72 Å². The van der Waals surface area contributed by atoms with Crippen LogP contribution in [-0.4, -0.2) is 9.97 Å². The number of aromatic nitrogens is 2. The van der Waals surface area contributed by atoms with Crippen LogP contribution in [0.2, 0.25) is 0 Å². The highest BCUT2D eigenvalue weighted by Gasteiger charge is 2.15. The van der Waals surface area contributed by atoms with Crippen LogP contribution in [0.3, 0.4) is 0 Å². The predicted molar refractivity (Wildman–Crippen MR) is 38.1 cm³/mol. The number of nitrogens with zero attached hydrogens (tertiary/aromatic N) is 1. The lowest BCUT2D eigenvalue weighted by Gasteiger charge is -1.97. The van der Waals surface area contributed by atoms with Gasteiger partial charge in [-0.2, -0.15) is 4.98 Å². The quantitative estimate of drug-likeness (QED) is 0.574. The van der Waals surface area contributed by atoms with Crippen molar-refractivity contribution in [1.29, 1.82) is 0 Å². The van der Waals surface area contributed by atoms with Gasteiger partial charge in [0.05, 0.1) is 18.9 Å². The van der Waals surface area contributed by atoms with Gasteiger partial charge in [-0.3, -0.25) is 0 Å². The van der Waals surface area contributed by atoms with Gasteiger partial charge >= 0.3 is 5.69 Å². The average molecular weight is 152 g/mol. The molecule has 0 saturated carbocycles. The number of hydrogen-bond acceptors (Lipinski definition) is 3. The van der Waals surface area contributed by atoms with Crippen molar-refractivity contribution in [3.05, 3.63) is 27.4 Å². The summed E-state index contributed by atoms with van der Waals surface area (Å²) in [7, 11) is 0. The van der Waals surface area contributed by atoms with Gasteiger partial charge in [0.2, 0.25) is 0 Å². The van der Waals surface area contributed by atoms with Crippen molar-refractivity contribution in [2.45, 2.75) is 20.1 Å². The normalized spacial score (nSPS) is 15.0. The second-order valence-corrected chi connectivity index (χ2v) is 2.59. The molecule has 0 unspecified atom stereocenters. The van der Waals surface area contributed by atoms with Crippen LogP contribution in [0.1, 0.15) is 17.0 Å². The Morgan fingerprint density at radius 3 is 3.18 bits per heavy atom. The zero-order valence-corrected chi connectivity index (χ0v) is 6.18. The molecule has 1 N–H and O–H groups in total. The summed E-state index contributed by atoms with van der Waals surface area (Å²) in [6.45, 7) is 2.90. The fourth-order valence-electron chi connectivity index (χ4n) is 1.23. The number of aromatic amines is 1. The molecule has 0 aromatic carbocycles. The molecule has 58 valence electrons. The largest absolute Gasteiger partial charge is 0.370 e. The zero-order valence-electron chi connectivity index (χ0n) is 6.18. The lowest BCUT2D eigenvalue weighted by Crippen LogP contribution is -2.14. The van der Waals surface area contributed by atoms with Crippen LogP contribution in [-0.2, 0) is 18.0 Å². The van der Waals surface area contributed by atoms with E-state index in [1.54, 1.807) is 0 Å². The summed E-state index contributed by atoms with van der Waals surface area (Å²) in [5, 5.41) is 0. The van der Waals surface area contributed by atoms with E-state index in [2.05, 4.69) is 9.97 Å². The molecule has 0 spiro atoms. The van der Waals surface area contributed by atoms with Crippen LogP contribution in [0.5, 0.6) is 0 Å². The van der Waals surface area contributed by atoms with Crippen LogP contribution in [0, 0.1) is 6.92 Å². The first-order valence-electron chi connectivity index (χ1n) is 3.44. The third kappa shape index (κ3) is 0.952. The van der Waals surface area contributed by atoms with Crippen LogP contribution >= 0.6 is 0 Å². The number of rotatable bonds is 0. The van der Waals surface area contributed by atoms with Crippen molar-refractivity contribution in [3.8, 4) is 0 Å². The third-order valence-corrected chi connectivity index (χ3v) is 1.82. The van der Waals surface area contributed by atoms with Crippen molar-refractivity contribution < 1.29 is 4.74 Å². The van der Waals surface area contributed by atoms with E-state index in [0.29, 0.717) is 13.2 Å². The van der Waals surface area contributed by atoms with Gasteiger partial charge in [-0.1, -0.05) is 0 Å². The van der Waals surface area contributed by atoms with Crippen molar-refractivity contribution in [2.75, 3.05) is 0 Å². The van der Waals surface area contributed by atoms with E-state index in [9.17, 15) is 4.79 Å². The van der Waals surface area contributed by atoms with E-state index >= 15 is 0 Å². The molecule has 4 nitrogen and oxygen atoms in total. The summed E-state index contributed by atoms with van der Waals surface area (Å²) in [5.74, 6) is 0. The lowest BCUT2D eigenvalue weighted by atomic mass is 10.2. The number of ether oxygens (including phenoxy) is 1. The van der Waals surface area contributed by atoms with Gasteiger partial charge in [-0.05, 0) is 6.92 Å². The molecule has 1 aliphatic rings. The molecular formula is C7H8N2O2. The topological polar surface area (TPSA) is 55.0 Å². The second kappa shape index (κ2) is 2.17. The standard InChI is InChI=1S/C7H8N2O2/c1-4-5-2-11-3-6(5)9-7(10)8-4/h2-3H2,1H3,(H,8,9,10). The lowest BCUT2D eigenvalue weighted by molar-refractivity contribution is 0.133. The molecule has 0 saturated heterocycles. The number of aryl methyl sites for hydroxylation is 1. The number of nitrogens with one attached hydrogen (secondary N) is 1. The summed E-state index contributed by atoms with van der Waals surface area (Å²) in [4.78, 5) is 17.2. The number of hydrogen-bond donors (Lipinski definition) is 1. The Morgan fingerprint density at radius 2 is 2.36 bits per heavy atom. The van der Waals surface area contributed by atoms with Gasteiger partial charge in [-0.15, -0.1) is 0 Å². The van der Waals surface area contributed by atoms with Crippen LogP contribution in [0.15, 0.2) is 4.79 Å². The van der Waals surface area contributed by atoms with E-state index in [0.717, 1.165) is 17.0 Å². The van der Waals surface area contributed by atoms with Crippen molar-refractivity contribution in [3.63, 3.8) is 0 Å². The Kier molecular flexibility index (Phi) is 1.29. The Hall–Kier alpha value is -1.16. The van der Waals surface area contributed by atoms with E-state index < -0.39 is 0 Å². The van der Waals surface area contributed by atoms with Crippen LogP contribution in [0.25, 0.3) is 0 Å². The first-order valence-corrected chi connectivity index (χ1v) is 3.44. The third-order valence-electron chi connectivity index (χ3n) is 1.82. The van der Waals surface area contributed by atoms with E-state index in [4.69, 9.17) is 4.74 Å². The minimum atomic E-state index is -0.285. The molecule has 1 aromatic heterocycles. The van der Waals surface area contributed by atoms with Crippen molar-refractivity contribution in [1.82, 2.24) is 9.97 Å². The fourth-order valence-corrected chi connectivity index (χ4v) is 1.23. The molecule has 0 bridgehead atoms. The zero-order chi connectivity index (χ0) is 7.84. The number of H-pyrrole nitrogens is 1. The molecule has 11 heavy (non-hydrogen) atoms. The maximum Gasteiger partial charge on any atom is 0.345 e. The van der Waals surface area contributed by atoms with Crippen LogP contribution in [0.4, 0.5) is 0 Å². The highest BCUT2D eigenvalue weighted by atomic mass is 16.5. The molecule has 2 rings (SSSR count). The Morgan fingerprint density at radius 1 is 1.55 bits per heavy atom. The van der Waals surface area contributed by atoms with E-state index in [-0.39, 0.29) is 5.69 Å². The van der Waals surface area contributed by atoms with Gasteiger partial charge in [0, 0.05) is 11.3 Å². The first kappa shape index (κ1) is 6.54. The summed E-state index contributed by atoms with van der Waals surface area (Å²) >= 11 is 0. The molecular weight excluding hydrogens is 144 g/mol. The fraction of sp³-hybridized carbons (Fsp3) is 0.429. The molecule has 0 atom stereocenters. The Labute approximate surface area is 63.2 Å². The predicted octanol–water partition coefficient (Wildman–Crippen LogP) is 0.109. The monoisotopic (exact) mass is 152 g/mol. The van der Waals surface area contributed by atoms with Gasteiger partial charge in [0.25, 0.3) is 0 Å². The number of fused-ring (bicyclic) bond motifs is 1. The van der Waals surface area contributed by atoms with Gasteiger partial charge in [0.15, 0.2) is 0 Å². The van der Waals surface area contributed by atoms with Crippen molar-refractivity contribution in [2.24, 2.45) is 0 Å². The van der Waals surface area contributed by atoms with E-state index in [1.807, 2.05) is 6.92 Å². The SMILES string of the molecule is Cc1[nH]c(=O)nc2c1COC2. The van der Waals surface area contributed by atoms with Crippen LogP contribution < -0.4 is 5.69 Å². The molecule has 2 heterocycles. The van der Waals surface area contributed by atoms with Gasteiger partial charge in [-0.25, -0.2) is 4.79 Å². The minimum Gasteiger partial charge on any atom is -0.370 e. The summed E-state index contributed by atoms with van der Waals surface area (Å²) in [5.41, 5.74) is 2.40. The van der Waals surface area contributed by atoms with Gasteiger partial charge in [0.1, 0.15) is 0 Å². The highest BCUT2D eigenvalue weighted by molar-refractivity contribution is 5.24. The molecule has 0 fully saturated rings. The Bertz CT molecular complexity index is 343. The second-order valence-electron chi connectivity index (χ2n) is 2.59. The molecule has 1 aliphatic heterocycles. The summed E-state index contributed by atoms with van der Waals surface area (Å²) in [6.07, 6.45) is 0. The van der Waals surface area contributed by atoms with Crippen molar-refractivity contribution >= 4 is 0 Å². The minimum absolute atomic E-state index is 0.285. The molecule has 4 heteroatoms. The average Bonchev–Trinajstić information content (AvgIpc) is 2.34. The maximum absolute atomic E-state index is 10.8. The Balaban J connectivity index is 2.70. The molecule has 1 aromatic rings. The summed E-state index contributed by atoms with van der Waals surface area (Å²) in [6, 6.07) is 0. The maximum atomic E-state index is 10.8. The smallest absolute Gasteiger partial charge is 0.345 e. The molecule has 0 aliphatic carbocycles.